The van der Waals surface area contributed by atoms with E-state index in [1.165, 1.54) is 6.33 Å². The van der Waals surface area contributed by atoms with Crippen LogP contribution >= 0.6 is 0 Å². The molecule has 1 heterocycles. The fraction of sp³-hybridized carbons (Fsp3) is 0.500. The summed E-state index contributed by atoms with van der Waals surface area (Å²) >= 11 is 0. The van der Waals surface area contributed by atoms with Crippen LogP contribution in [-0.2, 0) is 0 Å². The highest BCUT2D eigenvalue weighted by molar-refractivity contribution is 5.31. The molecule has 0 aliphatic heterocycles. The first-order chi connectivity index (χ1) is 8.19. The van der Waals surface area contributed by atoms with Crippen LogP contribution in [0.2, 0.25) is 0 Å². The molecule has 4 N–H and O–H groups in total. The summed E-state index contributed by atoms with van der Waals surface area (Å²) in [5.74, 6) is 3.03. The lowest BCUT2D eigenvalue weighted by molar-refractivity contribution is 0.382. The molecule has 92 valence electrons. The summed E-state index contributed by atoms with van der Waals surface area (Å²) in [6.07, 6.45) is 7.35. The quantitative estimate of drug-likeness (QED) is 0.323. The minimum absolute atomic E-state index is 0.0463. The number of hydrogen-bond acceptors (Lipinski definition) is 7. The van der Waals surface area contributed by atoms with Gasteiger partial charge in [0.05, 0.1) is 12.2 Å². The van der Waals surface area contributed by atoms with Gasteiger partial charge in [-0.1, -0.05) is 12.8 Å². The summed E-state index contributed by atoms with van der Waals surface area (Å²) < 4.78 is 0. The number of terminal acetylenes is 1. The number of nitrogens with zero attached hydrogens (tertiary/aromatic N) is 3. The molecule has 0 aliphatic carbocycles. The Hall–Kier alpha value is -1.91. The van der Waals surface area contributed by atoms with Crippen molar-refractivity contribution in [1.82, 2.24) is 20.3 Å². The van der Waals surface area contributed by atoms with Crippen molar-refractivity contribution in [3.05, 3.63) is 6.33 Å². The van der Waals surface area contributed by atoms with E-state index in [2.05, 4.69) is 31.5 Å². The Morgan fingerprint density at radius 1 is 1.47 bits per heavy atom. The molecule has 7 heteroatoms. The van der Waals surface area contributed by atoms with E-state index in [0.29, 0.717) is 5.95 Å². The molecule has 1 rings (SSSR count). The van der Waals surface area contributed by atoms with Gasteiger partial charge in [-0.15, -0.1) is 6.42 Å². The number of nitrogens with one attached hydrogen (secondary N) is 3. The van der Waals surface area contributed by atoms with Crippen molar-refractivity contribution in [1.29, 1.82) is 0 Å². The lowest BCUT2D eigenvalue weighted by Gasteiger charge is -2.20. The third kappa shape index (κ3) is 4.22. The van der Waals surface area contributed by atoms with Gasteiger partial charge in [-0.3, -0.25) is 10.5 Å². The summed E-state index contributed by atoms with van der Waals surface area (Å²) in [7, 11) is 0. The van der Waals surface area contributed by atoms with E-state index < -0.39 is 0 Å². The van der Waals surface area contributed by atoms with Gasteiger partial charge in [-0.2, -0.15) is 9.97 Å². The smallest absolute Gasteiger partial charge is 0.251 e. The Balaban J connectivity index is 2.64. The van der Waals surface area contributed by atoms with Crippen LogP contribution in [0.1, 0.15) is 20.3 Å². The SMILES string of the molecule is C#CC(C)NC(CC)Nc1ncnc(NO)n1. The fourth-order valence-electron chi connectivity index (χ4n) is 1.19. The van der Waals surface area contributed by atoms with Gasteiger partial charge >= 0.3 is 0 Å². The van der Waals surface area contributed by atoms with Crippen LogP contribution in [0, 0.1) is 12.3 Å². The Bertz CT molecular complexity index is 391. The van der Waals surface area contributed by atoms with E-state index in [1.807, 2.05) is 19.3 Å². The molecule has 0 spiro atoms. The molecule has 0 fully saturated rings. The largest absolute Gasteiger partial charge is 0.339 e. The van der Waals surface area contributed by atoms with Gasteiger partial charge in [0.25, 0.3) is 5.95 Å². The van der Waals surface area contributed by atoms with Crippen LogP contribution in [0.15, 0.2) is 6.33 Å². The van der Waals surface area contributed by atoms with Gasteiger partial charge in [-0.05, 0) is 13.3 Å². The maximum absolute atomic E-state index is 8.66. The maximum Gasteiger partial charge on any atom is 0.251 e. The highest BCUT2D eigenvalue weighted by Gasteiger charge is 2.10. The van der Waals surface area contributed by atoms with Crippen molar-refractivity contribution in [2.45, 2.75) is 32.5 Å². The summed E-state index contributed by atoms with van der Waals surface area (Å²) in [5, 5.41) is 14.9. The van der Waals surface area contributed by atoms with Crippen molar-refractivity contribution < 1.29 is 5.21 Å². The van der Waals surface area contributed by atoms with Crippen molar-refractivity contribution in [3.63, 3.8) is 0 Å². The predicted octanol–water partition coefficient (Wildman–Crippen LogP) is 0.432. The van der Waals surface area contributed by atoms with Crippen LogP contribution in [0.5, 0.6) is 0 Å². The van der Waals surface area contributed by atoms with Gasteiger partial charge < -0.3 is 5.32 Å². The van der Waals surface area contributed by atoms with Crippen LogP contribution in [0.4, 0.5) is 11.9 Å². The van der Waals surface area contributed by atoms with E-state index in [0.717, 1.165) is 6.42 Å². The molecule has 0 aromatic carbocycles. The Morgan fingerprint density at radius 2 is 2.18 bits per heavy atom. The molecule has 0 saturated carbocycles. The topological polar surface area (TPSA) is 95.0 Å². The lowest BCUT2D eigenvalue weighted by atomic mass is 10.3. The summed E-state index contributed by atoms with van der Waals surface area (Å²) in [4.78, 5) is 11.6. The second kappa shape index (κ2) is 6.62. The first-order valence-corrected chi connectivity index (χ1v) is 5.27. The van der Waals surface area contributed by atoms with Gasteiger partial charge in [0, 0.05) is 0 Å². The van der Waals surface area contributed by atoms with Gasteiger partial charge in [0.1, 0.15) is 6.33 Å². The van der Waals surface area contributed by atoms with Crippen LogP contribution in [0.25, 0.3) is 0 Å². The van der Waals surface area contributed by atoms with Crippen LogP contribution in [-0.4, -0.2) is 32.4 Å². The zero-order valence-electron chi connectivity index (χ0n) is 9.81. The van der Waals surface area contributed by atoms with Gasteiger partial charge in [0.15, 0.2) is 0 Å². The Kier molecular flexibility index (Phi) is 5.13. The standard InChI is InChI=1S/C10H16N6O/c1-4-7(3)13-8(5-2)14-9-11-6-12-10(15-9)16-17/h1,6-8,13,17H,5H2,2-3H3,(H2,11,12,14,15,16). The number of rotatable bonds is 6. The zero-order valence-corrected chi connectivity index (χ0v) is 9.81. The molecule has 1 aromatic heterocycles. The predicted molar refractivity (Wildman–Crippen MR) is 64.4 cm³/mol. The van der Waals surface area contributed by atoms with E-state index in [4.69, 9.17) is 11.6 Å². The highest BCUT2D eigenvalue weighted by Crippen LogP contribution is 2.03. The second-order valence-electron chi connectivity index (χ2n) is 3.40. The first kappa shape index (κ1) is 13.2. The number of anilines is 2. The molecule has 0 bridgehead atoms. The molecule has 0 aliphatic rings. The normalized spacial score (nSPS) is 13.5. The minimum Gasteiger partial charge on any atom is -0.339 e. The van der Waals surface area contributed by atoms with Gasteiger partial charge in [-0.25, -0.2) is 10.5 Å². The molecular weight excluding hydrogens is 220 g/mol. The lowest BCUT2D eigenvalue weighted by Crippen LogP contribution is -2.41. The summed E-state index contributed by atoms with van der Waals surface area (Å²) in [6, 6.07) is -0.0512. The fourth-order valence-corrected chi connectivity index (χ4v) is 1.19. The third-order valence-electron chi connectivity index (χ3n) is 2.08. The number of hydrogen-bond donors (Lipinski definition) is 4. The number of aromatic nitrogens is 3. The molecule has 1 aromatic rings. The summed E-state index contributed by atoms with van der Waals surface area (Å²) in [5.41, 5.74) is 1.86. The molecule has 2 unspecified atom stereocenters. The average Bonchev–Trinajstić information content (AvgIpc) is 2.37. The van der Waals surface area contributed by atoms with Crippen molar-refractivity contribution >= 4 is 11.9 Å². The van der Waals surface area contributed by atoms with E-state index >= 15 is 0 Å². The molecular formula is C10H16N6O. The molecule has 7 nitrogen and oxygen atoms in total. The van der Waals surface area contributed by atoms with Crippen molar-refractivity contribution in [2.75, 3.05) is 10.8 Å². The molecule has 0 radical (unpaired) electrons. The minimum atomic E-state index is -0.0512. The first-order valence-electron chi connectivity index (χ1n) is 5.27. The molecule has 2 atom stereocenters. The molecule has 17 heavy (non-hydrogen) atoms. The van der Waals surface area contributed by atoms with Crippen LogP contribution < -0.4 is 16.1 Å². The maximum atomic E-state index is 8.66. The van der Waals surface area contributed by atoms with E-state index in [9.17, 15) is 0 Å². The van der Waals surface area contributed by atoms with Crippen molar-refractivity contribution in [3.8, 4) is 12.3 Å². The summed E-state index contributed by atoms with van der Waals surface area (Å²) in [6.45, 7) is 3.89. The van der Waals surface area contributed by atoms with Gasteiger partial charge in [0.2, 0.25) is 5.95 Å². The Morgan fingerprint density at radius 3 is 2.76 bits per heavy atom. The van der Waals surface area contributed by atoms with Crippen molar-refractivity contribution in [2.24, 2.45) is 0 Å². The van der Waals surface area contributed by atoms with E-state index in [1.54, 1.807) is 0 Å². The monoisotopic (exact) mass is 236 g/mol. The highest BCUT2D eigenvalue weighted by atomic mass is 16.5. The average molecular weight is 236 g/mol. The third-order valence-corrected chi connectivity index (χ3v) is 2.08. The Labute approximate surface area is 100 Å². The second-order valence-corrected chi connectivity index (χ2v) is 3.40. The molecule has 0 saturated heterocycles. The zero-order chi connectivity index (χ0) is 12.7. The molecule has 0 amide bonds. The van der Waals surface area contributed by atoms with E-state index in [-0.39, 0.29) is 18.2 Å². The van der Waals surface area contributed by atoms with Crippen LogP contribution in [0.3, 0.4) is 0 Å².